The van der Waals surface area contributed by atoms with Crippen molar-refractivity contribution in [3.05, 3.63) is 82.3 Å². The van der Waals surface area contributed by atoms with E-state index < -0.39 is 35.6 Å². The number of fused-ring (bicyclic) bond motifs is 1. The minimum absolute atomic E-state index is 0.0651. The van der Waals surface area contributed by atoms with Crippen molar-refractivity contribution in [2.75, 3.05) is 69.2 Å². The van der Waals surface area contributed by atoms with Crippen LogP contribution in [0, 0.1) is 5.41 Å². The highest BCUT2D eigenvalue weighted by Gasteiger charge is 2.47. The van der Waals surface area contributed by atoms with Crippen LogP contribution in [0.3, 0.4) is 0 Å². The predicted molar refractivity (Wildman–Crippen MR) is 212 cm³/mol. The average molecular weight is 789 g/mol. The van der Waals surface area contributed by atoms with Crippen LogP contribution in [-0.4, -0.2) is 137 Å². The van der Waals surface area contributed by atoms with E-state index in [-0.39, 0.29) is 36.0 Å². The van der Waals surface area contributed by atoms with Gasteiger partial charge in [-0.15, -0.1) is 0 Å². The number of carbonyl (C=O) groups excluding carboxylic acids is 6. The lowest BCUT2D eigenvalue weighted by Gasteiger charge is -2.55. The molecule has 9 rings (SSSR count). The van der Waals surface area contributed by atoms with E-state index in [1.807, 2.05) is 18.0 Å². The van der Waals surface area contributed by atoms with Crippen molar-refractivity contribution in [1.82, 2.24) is 34.9 Å². The molecule has 0 radical (unpaired) electrons. The Morgan fingerprint density at radius 3 is 2.38 bits per heavy atom. The van der Waals surface area contributed by atoms with Crippen LogP contribution in [0.25, 0.3) is 0 Å². The summed E-state index contributed by atoms with van der Waals surface area (Å²) in [5.41, 5.74) is 10.3. The Hall–Kier alpha value is -5.90. The summed E-state index contributed by atoms with van der Waals surface area (Å²) in [4.78, 5) is 96.8. The molecular formula is C42H48N10O6. The highest BCUT2D eigenvalue weighted by atomic mass is 16.2. The van der Waals surface area contributed by atoms with E-state index in [9.17, 15) is 28.8 Å². The second-order valence-electron chi connectivity index (χ2n) is 16.9. The van der Waals surface area contributed by atoms with Crippen LogP contribution in [0.5, 0.6) is 0 Å². The average Bonchev–Trinajstić information content (AvgIpc) is 3.67. The summed E-state index contributed by atoms with van der Waals surface area (Å²) in [6.07, 6.45) is 6.31. The van der Waals surface area contributed by atoms with Crippen molar-refractivity contribution < 1.29 is 28.8 Å². The number of likely N-dealkylation sites (tertiary alicyclic amines) is 1. The van der Waals surface area contributed by atoms with E-state index in [1.165, 1.54) is 0 Å². The number of carbonyl (C=O) groups is 6. The van der Waals surface area contributed by atoms with Crippen molar-refractivity contribution >= 4 is 47.1 Å². The number of nitrogens with zero attached hydrogens (tertiary/aromatic N) is 8. The first-order chi connectivity index (χ1) is 27.9. The molecule has 5 saturated heterocycles. The van der Waals surface area contributed by atoms with Crippen LogP contribution in [0.4, 0.5) is 16.3 Å². The minimum atomic E-state index is -0.980. The SMILES string of the molecule is CN1CCN([C@H]2CCCN(c3cnc(C(N)=O)c(Cc4ccc(N5CCCC6(CN(Cc7ccc8c(c7)C(=O)N(C7CCC(=O)NC7=O)C8=O)C6)C5)cc4)n3)C2)C1=O. The Bertz CT molecular complexity index is 2210. The minimum Gasteiger partial charge on any atom is -0.371 e. The lowest BCUT2D eigenvalue weighted by atomic mass is 9.73. The third-order valence-electron chi connectivity index (χ3n) is 12.8. The Labute approximate surface area is 336 Å². The molecule has 302 valence electrons. The third-order valence-corrected chi connectivity index (χ3v) is 12.8. The molecular weight excluding hydrogens is 741 g/mol. The smallest absolute Gasteiger partial charge is 0.320 e. The molecule has 0 bridgehead atoms. The topological polar surface area (TPSA) is 186 Å². The largest absolute Gasteiger partial charge is 0.371 e. The zero-order valence-electron chi connectivity index (χ0n) is 32.7. The molecule has 16 heteroatoms. The van der Waals surface area contributed by atoms with Gasteiger partial charge < -0.3 is 25.3 Å². The van der Waals surface area contributed by atoms with Gasteiger partial charge in [0.05, 0.1) is 29.1 Å². The number of hydrogen-bond donors (Lipinski definition) is 2. The van der Waals surface area contributed by atoms with Crippen LogP contribution in [-0.2, 0) is 22.6 Å². The number of benzene rings is 2. The molecule has 3 aromatic rings. The van der Waals surface area contributed by atoms with Gasteiger partial charge in [-0.2, -0.15) is 0 Å². The molecule has 3 N–H and O–H groups in total. The van der Waals surface area contributed by atoms with E-state index >= 15 is 0 Å². The van der Waals surface area contributed by atoms with Crippen molar-refractivity contribution in [2.24, 2.45) is 11.1 Å². The highest BCUT2D eigenvalue weighted by Crippen LogP contribution is 2.41. The molecule has 1 spiro atoms. The first kappa shape index (κ1) is 37.7. The Morgan fingerprint density at radius 2 is 1.64 bits per heavy atom. The Balaban J connectivity index is 0.818. The van der Waals surface area contributed by atoms with Crippen LogP contribution < -0.4 is 20.9 Å². The number of rotatable bonds is 9. The van der Waals surface area contributed by atoms with E-state index in [0.717, 1.165) is 93.2 Å². The second kappa shape index (κ2) is 14.8. The van der Waals surface area contributed by atoms with Gasteiger partial charge in [0.25, 0.3) is 17.7 Å². The Kier molecular flexibility index (Phi) is 9.61. The standard InChI is InChI=1S/C42H48N10O6/c1-47-16-17-51(41(47)58)29-4-2-14-49(22-29)34-20-44-36(37(43)54)32(45-34)19-26-5-8-28(9-6-26)50-15-3-13-42(25-50)23-48(24-42)21-27-7-10-30-31(18-27)40(57)52(39(30)56)33-11-12-35(53)46-38(33)55/h5-10,18,20,29,33H,2-4,11-17,19,21-25H2,1H3,(H2,43,54)(H,46,53,55)/t29-,33?/m0/s1. The quantitative estimate of drug-likeness (QED) is 0.303. The number of amides is 7. The lowest BCUT2D eigenvalue weighted by Crippen LogP contribution is -2.62. The number of likely N-dealkylation sites (N-methyl/N-ethyl adjacent to an activating group) is 1. The van der Waals surface area contributed by atoms with Crippen molar-refractivity contribution in [1.29, 1.82) is 0 Å². The maximum absolute atomic E-state index is 13.3. The fraction of sp³-hybridized carbons (Fsp3) is 0.476. The van der Waals surface area contributed by atoms with E-state index in [0.29, 0.717) is 42.1 Å². The van der Waals surface area contributed by atoms with Gasteiger partial charge in [-0.1, -0.05) is 18.2 Å². The lowest BCUT2D eigenvalue weighted by molar-refractivity contribution is -0.136. The summed E-state index contributed by atoms with van der Waals surface area (Å²) in [6.45, 7) is 7.29. The number of imide groups is 2. The maximum atomic E-state index is 13.3. The summed E-state index contributed by atoms with van der Waals surface area (Å²) >= 11 is 0. The summed E-state index contributed by atoms with van der Waals surface area (Å²) in [7, 11) is 1.83. The zero-order chi connectivity index (χ0) is 40.3. The van der Waals surface area contributed by atoms with Crippen LogP contribution in [0.1, 0.15) is 86.6 Å². The fourth-order valence-electron chi connectivity index (χ4n) is 9.92. The molecule has 58 heavy (non-hydrogen) atoms. The van der Waals surface area contributed by atoms with Gasteiger partial charge in [0.15, 0.2) is 0 Å². The summed E-state index contributed by atoms with van der Waals surface area (Å²) in [6, 6.07) is 12.9. The number of nitrogens with one attached hydrogen (secondary N) is 1. The molecule has 1 aromatic heterocycles. The molecule has 0 aliphatic carbocycles. The molecule has 2 atom stereocenters. The van der Waals surface area contributed by atoms with Gasteiger partial charge in [0, 0.05) is 89.9 Å². The number of nitrogens with two attached hydrogens (primary N) is 1. The molecule has 5 fully saturated rings. The van der Waals surface area contributed by atoms with E-state index in [1.54, 1.807) is 23.2 Å². The molecule has 1 unspecified atom stereocenters. The zero-order valence-corrected chi connectivity index (χ0v) is 32.7. The normalized spacial score (nSPS) is 23.5. The first-order valence-electron chi connectivity index (χ1n) is 20.3. The van der Waals surface area contributed by atoms with Crippen molar-refractivity contribution in [3.8, 4) is 0 Å². The van der Waals surface area contributed by atoms with Crippen LogP contribution in [0.15, 0.2) is 48.7 Å². The molecule has 7 amide bonds. The number of hydrogen-bond acceptors (Lipinski definition) is 11. The second-order valence-corrected chi connectivity index (χ2v) is 16.9. The molecule has 2 aromatic carbocycles. The Morgan fingerprint density at radius 1 is 0.879 bits per heavy atom. The highest BCUT2D eigenvalue weighted by molar-refractivity contribution is 6.23. The fourth-order valence-corrected chi connectivity index (χ4v) is 9.92. The summed E-state index contributed by atoms with van der Waals surface area (Å²) in [5, 5.41) is 2.24. The van der Waals surface area contributed by atoms with Crippen LogP contribution in [0.2, 0.25) is 0 Å². The van der Waals surface area contributed by atoms with Crippen LogP contribution >= 0.6 is 0 Å². The monoisotopic (exact) mass is 788 g/mol. The summed E-state index contributed by atoms with van der Waals surface area (Å²) in [5.74, 6) is -1.92. The van der Waals surface area contributed by atoms with Crippen molar-refractivity contribution in [3.63, 3.8) is 0 Å². The van der Waals surface area contributed by atoms with Gasteiger partial charge in [-0.25, -0.2) is 14.8 Å². The number of piperidine rings is 3. The maximum Gasteiger partial charge on any atom is 0.320 e. The van der Waals surface area contributed by atoms with E-state index in [2.05, 4.69) is 49.3 Å². The molecule has 6 aliphatic heterocycles. The van der Waals surface area contributed by atoms with Gasteiger partial charge >= 0.3 is 6.03 Å². The number of primary amides is 1. The number of urea groups is 1. The third kappa shape index (κ3) is 6.92. The van der Waals surface area contributed by atoms with Gasteiger partial charge in [0.1, 0.15) is 17.6 Å². The summed E-state index contributed by atoms with van der Waals surface area (Å²) < 4.78 is 0. The van der Waals surface area contributed by atoms with Gasteiger partial charge in [-0.3, -0.25) is 39.1 Å². The molecule has 0 saturated carbocycles. The van der Waals surface area contributed by atoms with E-state index in [4.69, 9.17) is 10.7 Å². The molecule has 16 nitrogen and oxygen atoms in total. The van der Waals surface area contributed by atoms with Gasteiger partial charge in [0.2, 0.25) is 11.8 Å². The number of anilines is 2. The first-order valence-corrected chi connectivity index (χ1v) is 20.3. The van der Waals surface area contributed by atoms with Gasteiger partial charge in [-0.05, 0) is 67.5 Å². The molecule has 7 heterocycles. The van der Waals surface area contributed by atoms with Crippen molar-refractivity contribution in [2.45, 2.75) is 63.6 Å². The number of aromatic nitrogens is 2. The predicted octanol–water partition coefficient (Wildman–Crippen LogP) is 2.01. The molecule has 6 aliphatic rings.